The lowest BCUT2D eigenvalue weighted by Crippen LogP contribution is -2.55. The SMILES string of the molecule is C[C@H]1N[C@H](C(=O)O)CC2c3ccccc3NC21. The van der Waals surface area contributed by atoms with Gasteiger partial charge in [0.2, 0.25) is 0 Å². The third kappa shape index (κ3) is 1.60. The summed E-state index contributed by atoms with van der Waals surface area (Å²) in [5, 5.41) is 15.8. The summed E-state index contributed by atoms with van der Waals surface area (Å²) in [6, 6.07) is 8.24. The van der Waals surface area contributed by atoms with Gasteiger partial charge in [-0.3, -0.25) is 10.1 Å². The predicted octanol–water partition coefficient (Wildman–Crippen LogP) is 1.40. The average molecular weight is 232 g/mol. The number of aliphatic carboxylic acids is 1. The number of anilines is 1. The molecule has 2 aliphatic rings. The second kappa shape index (κ2) is 3.74. The largest absolute Gasteiger partial charge is 0.480 e. The van der Waals surface area contributed by atoms with Crippen molar-refractivity contribution in [1.29, 1.82) is 0 Å². The maximum absolute atomic E-state index is 11.1. The Bertz CT molecular complexity index is 460. The first kappa shape index (κ1) is 10.6. The molecule has 0 spiro atoms. The summed E-state index contributed by atoms with van der Waals surface area (Å²) >= 11 is 0. The van der Waals surface area contributed by atoms with Crippen LogP contribution in [0.5, 0.6) is 0 Å². The zero-order valence-electron chi connectivity index (χ0n) is 9.68. The summed E-state index contributed by atoms with van der Waals surface area (Å²) in [5.74, 6) is -0.441. The first-order valence-electron chi connectivity index (χ1n) is 6.01. The van der Waals surface area contributed by atoms with Crippen LogP contribution in [0.3, 0.4) is 0 Å². The van der Waals surface area contributed by atoms with Gasteiger partial charge in [0, 0.05) is 23.7 Å². The van der Waals surface area contributed by atoms with Crippen LogP contribution in [0, 0.1) is 0 Å². The molecular weight excluding hydrogens is 216 g/mol. The minimum absolute atomic E-state index is 0.169. The number of carboxylic acids is 1. The highest BCUT2D eigenvalue weighted by atomic mass is 16.4. The molecule has 0 radical (unpaired) electrons. The van der Waals surface area contributed by atoms with E-state index in [-0.39, 0.29) is 6.04 Å². The normalized spacial score (nSPS) is 34.6. The molecular formula is C13H16N2O2. The number of rotatable bonds is 1. The van der Waals surface area contributed by atoms with Crippen LogP contribution in [0.1, 0.15) is 24.8 Å². The van der Waals surface area contributed by atoms with Crippen molar-refractivity contribution in [3.8, 4) is 0 Å². The van der Waals surface area contributed by atoms with E-state index in [0.29, 0.717) is 18.4 Å². The van der Waals surface area contributed by atoms with Crippen molar-refractivity contribution in [3.63, 3.8) is 0 Å². The molecule has 0 aromatic heterocycles. The smallest absolute Gasteiger partial charge is 0.320 e. The molecule has 2 aliphatic heterocycles. The Balaban J connectivity index is 1.94. The molecule has 2 heterocycles. The number of hydrogen-bond acceptors (Lipinski definition) is 3. The van der Waals surface area contributed by atoms with E-state index in [4.69, 9.17) is 5.11 Å². The van der Waals surface area contributed by atoms with Crippen molar-refractivity contribution in [3.05, 3.63) is 29.8 Å². The first-order chi connectivity index (χ1) is 8.16. The molecule has 0 amide bonds. The minimum atomic E-state index is -0.750. The molecule has 90 valence electrons. The van der Waals surface area contributed by atoms with Crippen LogP contribution in [0.2, 0.25) is 0 Å². The van der Waals surface area contributed by atoms with Gasteiger partial charge in [-0.1, -0.05) is 18.2 Å². The van der Waals surface area contributed by atoms with Gasteiger partial charge in [0.15, 0.2) is 0 Å². The number of para-hydroxylation sites is 1. The van der Waals surface area contributed by atoms with E-state index >= 15 is 0 Å². The molecule has 0 saturated carbocycles. The Morgan fingerprint density at radius 2 is 2.18 bits per heavy atom. The second-order valence-corrected chi connectivity index (χ2v) is 4.95. The summed E-state index contributed by atoms with van der Waals surface area (Å²) < 4.78 is 0. The molecule has 0 bridgehead atoms. The molecule has 3 N–H and O–H groups in total. The van der Waals surface area contributed by atoms with Crippen LogP contribution < -0.4 is 10.6 Å². The predicted molar refractivity (Wildman–Crippen MR) is 65.2 cm³/mol. The zero-order valence-corrected chi connectivity index (χ0v) is 9.68. The van der Waals surface area contributed by atoms with Gasteiger partial charge in [0.05, 0.1) is 0 Å². The number of piperidine rings is 1. The van der Waals surface area contributed by atoms with Crippen LogP contribution in [0.15, 0.2) is 24.3 Å². The highest BCUT2D eigenvalue weighted by molar-refractivity contribution is 5.74. The minimum Gasteiger partial charge on any atom is -0.480 e. The van der Waals surface area contributed by atoms with Crippen molar-refractivity contribution in [1.82, 2.24) is 5.32 Å². The molecule has 4 atom stereocenters. The molecule has 3 rings (SSSR count). The van der Waals surface area contributed by atoms with Crippen LogP contribution >= 0.6 is 0 Å². The first-order valence-corrected chi connectivity index (χ1v) is 6.01. The van der Waals surface area contributed by atoms with Gasteiger partial charge in [0.1, 0.15) is 6.04 Å². The molecule has 2 unspecified atom stereocenters. The molecule has 1 fully saturated rings. The lowest BCUT2D eigenvalue weighted by Gasteiger charge is -2.36. The van der Waals surface area contributed by atoms with Gasteiger partial charge < -0.3 is 10.4 Å². The van der Waals surface area contributed by atoms with E-state index in [1.807, 2.05) is 19.1 Å². The van der Waals surface area contributed by atoms with Crippen molar-refractivity contribution < 1.29 is 9.90 Å². The lowest BCUT2D eigenvalue weighted by atomic mass is 9.82. The van der Waals surface area contributed by atoms with Crippen molar-refractivity contribution in [2.24, 2.45) is 0 Å². The van der Waals surface area contributed by atoms with Gasteiger partial charge in [-0.05, 0) is 25.0 Å². The summed E-state index contributed by atoms with van der Waals surface area (Å²) in [7, 11) is 0. The number of carboxylic acid groups (broad SMARTS) is 1. The van der Waals surface area contributed by atoms with Gasteiger partial charge in [-0.2, -0.15) is 0 Å². The second-order valence-electron chi connectivity index (χ2n) is 4.95. The number of fused-ring (bicyclic) bond motifs is 3. The Kier molecular flexibility index (Phi) is 2.33. The van der Waals surface area contributed by atoms with Gasteiger partial charge in [-0.15, -0.1) is 0 Å². The van der Waals surface area contributed by atoms with E-state index in [0.717, 1.165) is 5.69 Å². The number of carbonyl (C=O) groups is 1. The fourth-order valence-corrected chi connectivity index (χ4v) is 3.09. The van der Waals surface area contributed by atoms with Crippen molar-refractivity contribution >= 4 is 11.7 Å². The molecule has 17 heavy (non-hydrogen) atoms. The van der Waals surface area contributed by atoms with E-state index in [1.54, 1.807) is 0 Å². The van der Waals surface area contributed by atoms with Crippen molar-refractivity contribution in [2.45, 2.75) is 37.4 Å². The fourth-order valence-electron chi connectivity index (χ4n) is 3.09. The quantitative estimate of drug-likeness (QED) is 0.685. The average Bonchev–Trinajstić information content (AvgIpc) is 2.68. The van der Waals surface area contributed by atoms with E-state index in [9.17, 15) is 4.79 Å². The fraction of sp³-hybridized carbons (Fsp3) is 0.462. The summed E-state index contributed by atoms with van der Waals surface area (Å²) in [4.78, 5) is 11.1. The van der Waals surface area contributed by atoms with E-state index < -0.39 is 12.0 Å². The standard InChI is InChI=1S/C13H16N2O2/c1-7-12-9(6-11(14-7)13(16)17)8-4-2-3-5-10(8)15-12/h2-5,7,9,11-12,14-15H,6H2,1H3,(H,16,17)/t7-,9?,11+,12?/m1/s1. The Labute approximate surface area is 100 Å². The number of hydrogen-bond donors (Lipinski definition) is 3. The van der Waals surface area contributed by atoms with E-state index in [2.05, 4.69) is 22.8 Å². The topological polar surface area (TPSA) is 61.4 Å². The number of nitrogens with one attached hydrogen (secondary N) is 2. The van der Waals surface area contributed by atoms with Gasteiger partial charge >= 0.3 is 5.97 Å². The molecule has 1 aromatic rings. The molecule has 4 nitrogen and oxygen atoms in total. The van der Waals surface area contributed by atoms with Gasteiger partial charge in [-0.25, -0.2) is 0 Å². The molecule has 4 heteroatoms. The summed E-state index contributed by atoms with van der Waals surface area (Å²) in [5.41, 5.74) is 2.42. The Hall–Kier alpha value is -1.55. The number of benzene rings is 1. The van der Waals surface area contributed by atoms with Crippen LogP contribution in [-0.4, -0.2) is 29.2 Å². The van der Waals surface area contributed by atoms with Crippen molar-refractivity contribution in [2.75, 3.05) is 5.32 Å². The Morgan fingerprint density at radius 1 is 1.41 bits per heavy atom. The van der Waals surface area contributed by atoms with E-state index in [1.165, 1.54) is 5.56 Å². The third-order valence-corrected chi connectivity index (χ3v) is 3.91. The van der Waals surface area contributed by atoms with Crippen LogP contribution in [0.25, 0.3) is 0 Å². The van der Waals surface area contributed by atoms with Crippen LogP contribution in [0.4, 0.5) is 5.69 Å². The summed E-state index contributed by atoms with van der Waals surface area (Å²) in [6.45, 7) is 2.05. The third-order valence-electron chi connectivity index (χ3n) is 3.91. The maximum Gasteiger partial charge on any atom is 0.320 e. The maximum atomic E-state index is 11.1. The molecule has 1 aromatic carbocycles. The molecule has 1 saturated heterocycles. The lowest BCUT2D eigenvalue weighted by molar-refractivity contribution is -0.140. The van der Waals surface area contributed by atoms with Crippen LogP contribution in [-0.2, 0) is 4.79 Å². The zero-order chi connectivity index (χ0) is 12.0. The summed E-state index contributed by atoms with van der Waals surface area (Å²) in [6.07, 6.45) is 0.661. The highest BCUT2D eigenvalue weighted by Crippen LogP contribution is 2.41. The highest BCUT2D eigenvalue weighted by Gasteiger charge is 2.42. The Morgan fingerprint density at radius 3 is 2.94 bits per heavy atom. The monoisotopic (exact) mass is 232 g/mol. The molecule has 0 aliphatic carbocycles. The van der Waals surface area contributed by atoms with Gasteiger partial charge in [0.25, 0.3) is 0 Å².